The van der Waals surface area contributed by atoms with Crippen molar-refractivity contribution >= 4 is 23.6 Å². The molecule has 2 aromatic rings. The first-order chi connectivity index (χ1) is 17.8. The fourth-order valence-electron chi connectivity index (χ4n) is 4.26. The van der Waals surface area contributed by atoms with Crippen LogP contribution in [0.4, 0.5) is 10.5 Å². The first-order valence-electron chi connectivity index (χ1n) is 12.9. The monoisotopic (exact) mass is 525 g/mol. The second kappa shape index (κ2) is 11.8. The van der Waals surface area contributed by atoms with Crippen molar-refractivity contribution in [1.82, 2.24) is 10.2 Å². The zero-order valence-electron chi connectivity index (χ0n) is 23.1. The van der Waals surface area contributed by atoms with E-state index in [-0.39, 0.29) is 29.5 Å². The number of benzene rings is 2. The van der Waals surface area contributed by atoms with E-state index in [1.165, 1.54) is 12.1 Å². The van der Waals surface area contributed by atoms with Crippen molar-refractivity contribution < 1.29 is 29.0 Å². The van der Waals surface area contributed by atoms with Crippen LogP contribution in [0.1, 0.15) is 59.6 Å². The molecule has 0 bridgehead atoms. The first-order valence-corrected chi connectivity index (χ1v) is 12.9. The average molecular weight is 526 g/mol. The van der Waals surface area contributed by atoms with E-state index in [4.69, 9.17) is 9.47 Å². The normalized spacial score (nSPS) is 18.2. The van der Waals surface area contributed by atoms with Gasteiger partial charge in [-0.1, -0.05) is 32.9 Å². The third-order valence-corrected chi connectivity index (χ3v) is 6.38. The van der Waals surface area contributed by atoms with E-state index >= 15 is 0 Å². The molecule has 1 fully saturated rings. The Morgan fingerprint density at radius 1 is 1.03 bits per heavy atom. The Bertz CT molecular complexity index is 1120. The largest absolute Gasteiger partial charge is 0.508 e. The molecule has 0 spiro atoms. The van der Waals surface area contributed by atoms with Crippen molar-refractivity contribution in [3.8, 4) is 11.5 Å². The van der Waals surface area contributed by atoms with Gasteiger partial charge in [0.2, 0.25) is 5.91 Å². The molecule has 3 N–H and O–H groups in total. The Balaban J connectivity index is 1.99. The van der Waals surface area contributed by atoms with Gasteiger partial charge in [-0.15, -0.1) is 0 Å². The summed E-state index contributed by atoms with van der Waals surface area (Å²) in [5.74, 6) is -0.170. The number of aromatic hydroxyl groups is 1. The number of alkyl carbamates (subject to hydrolysis) is 1. The van der Waals surface area contributed by atoms with Crippen LogP contribution in [0, 0.1) is 11.8 Å². The quantitative estimate of drug-likeness (QED) is 0.430. The molecule has 0 radical (unpaired) electrons. The molecule has 4 unspecified atom stereocenters. The smallest absolute Gasteiger partial charge is 0.408 e. The van der Waals surface area contributed by atoms with E-state index in [9.17, 15) is 19.5 Å². The number of hydrogen-bond acceptors (Lipinski definition) is 6. The van der Waals surface area contributed by atoms with Gasteiger partial charge in [0, 0.05) is 11.7 Å². The number of rotatable bonds is 9. The van der Waals surface area contributed by atoms with Gasteiger partial charge in [-0.2, -0.15) is 0 Å². The molecule has 9 heteroatoms. The Morgan fingerprint density at radius 3 is 2.08 bits per heavy atom. The van der Waals surface area contributed by atoms with Crippen molar-refractivity contribution in [3.63, 3.8) is 0 Å². The highest BCUT2D eigenvalue weighted by Crippen LogP contribution is 2.41. The number of phenolic OH excluding ortho intramolecular Hbond substituents is 1. The topological polar surface area (TPSA) is 117 Å². The lowest BCUT2D eigenvalue weighted by atomic mass is 9.98. The Hall–Kier alpha value is -3.75. The predicted octanol–water partition coefficient (Wildman–Crippen LogP) is 4.87. The summed E-state index contributed by atoms with van der Waals surface area (Å²) in [4.78, 5) is 42.2. The van der Waals surface area contributed by atoms with Gasteiger partial charge < -0.3 is 30.1 Å². The highest BCUT2D eigenvalue weighted by molar-refractivity contribution is 5.99. The lowest BCUT2D eigenvalue weighted by molar-refractivity contribution is -0.142. The van der Waals surface area contributed by atoms with E-state index in [1.54, 1.807) is 69.2 Å². The number of methoxy groups -OCH3 is 1. The van der Waals surface area contributed by atoms with Gasteiger partial charge in [-0.05, 0) is 81.0 Å². The lowest BCUT2D eigenvalue weighted by Gasteiger charge is -2.36. The molecular weight excluding hydrogens is 486 g/mol. The Labute approximate surface area is 224 Å². The Kier molecular flexibility index (Phi) is 8.91. The van der Waals surface area contributed by atoms with E-state index in [0.717, 1.165) is 6.42 Å². The maximum absolute atomic E-state index is 14.1. The maximum Gasteiger partial charge on any atom is 0.408 e. The van der Waals surface area contributed by atoms with E-state index in [2.05, 4.69) is 10.6 Å². The SMILES string of the molecule is COc1ccc(NC(=O)C(c2ccc(O)cc2)N(C(=O)C(NC(=O)OC(C)(C)C)C(C)C)C2CC2C)cc1. The third kappa shape index (κ3) is 7.40. The van der Waals surface area contributed by atoms with Crippen molar-refractivity contribution in [2.24, 2.45) is 11.8 Å². The molecule has 9 nitrogen and oxygen atoms in total. The van der Waals surface area contributed by atoms with Crippen LogP contribution in [0.5, 0.6) is 11.5 Å². The van der Waals surface area contributed by atoms with Gasteiger partial charge in [-0.25, -0.2) is 4.79 Å². The van der Waals surface area contributed by atoms with Crippen LogP contribution in [-0.4, -0.2) is 52.7 Å². The summed E-state index contributed by atoms with van der Waals surface area (Å²) in [6.45, 7) is 10.9. The van der Waals surface area contributed by atoms with Gasteiger partial charge in [0.1, 0.15) is 29.2 Å². The zero-order valence-corrected chi connectivity index (χ0v) is 23.1. The van der Waals surface area contributed by atoms with Crippen LogP contribution in [0.2, 0.25) is 0 Å². The molecule has 0 aliphatic heterocycles. The van der Waals surface area contributed by atoms with Crippen molar-refractivity contribution in [2.45, 2.75) is 71.7 Å². The number of carbonyl (C=O) groups excluding carboxylic acids is 3. The van der Waals surface area contributed by atoms with Crippen molar-refractivity contribution in [1.29, 1.82) is 0 Å². The highest BCUT2D eigenvalue weighted by Gasteiger charge is 2.48. The molecule has 206 valence electrons. The number of ether oxygens (including phenoxy) is 2. The fourth-order valence-corrected chi connectivity index (χ4v) is 4.26. The van der Waals surface area contributed by atoms with Crippen LogP contribution in [0.25, 0.3) is 0 Å². The van der Waals surface area contributed by atoms with E-state index in [0.29, 0.717) is 17.0 Å². The number of anilines is 1. The molecule has 38 heavy (non-hydrogen) atoms. The van der Waals surface area contributed by atoms with Gasteiger partial charge in [0.25, 0.3) is 5.91 Å². The number of phenols is 1. The van der Waals surface area contributed by atoms with Crippen LogP contribution in [0.15, 0.2) is 48.5 Å². The number of amides is 3. The van der Waals surface area contributed by atoms with Gasteiger partial charge in [0.05, 0.1) is 7.11 Å². The molecule has 0 heterocycles. The summed E-state index contributed by atoms with van der Waals surface area (Å²) in [6, 6.07) is 11.0. The van der Waals surface area contributed by atoms with Gasteiger partial charge in [-0.3, -0.25) is 9.59 Å². The molecule has 1 aliphatic carbocycles. The molecule has 3 amide bonds. The molecule has 0 saturated heterocycles. The van der Waals surface area contributed by atoms with Crippen LogP contribution in [0.3, 0.4) is 0 Å². The summed E-state index contributed by atoms with van der Waals surface area (Å²) < 4.78 is 10.6. The molecule has 3 rings (SSSR count). The molecule has 1 aliphatic rings. The van der Waals surface area contributed by atoms with Crippen LogP contribution >= 0.6 is 0 Å². The maximum atomic E-state index is 14.1. The minimum atomic E-state index is -0.998. The fraction of sp³-hybridized carbons (Fsp3) is 0.483. The minimum Gasteiger partial charge on any atom is -0.508 e. The molecule has 4 atom stereocenters. The second-order valence-corrected chi connectivity index (χ2v) is 11.1. The first kappa shape index (κ1) is 28.8. The molecular formula is C29H39N3O6. The van der Waals surface area contributed by atoms with Crippen LogP contribution in [-0.2, 0) is 14.3 Å². The van der Waals surface area contributed by atoms with Gasteiger partial charge >= 0.3 is 6.09 Å². The summed E-state index contributed by atoms with van der Waals surface area (Å²) in [6.07, 6.45) is 0.0325. The second-order valence-electron chi connectivity index (χ2n) is 11.1. The van der Waals surface area contributed by atoms with Crippen molar-refractivity contribution in [3.05, 3.63) is 54.1 Å². The molecule has 1 saturated carbocycles. The highest BCUT2D eigenvalue weighted by atomic mass is 16.6. The zero-order chi connectivity index (χ0) is 28.2. The number of nitrogens with zero attached hydrogens (tertiary/aromatic N) is 1. The lowest BCUT2D eigenvalue weighted by Crippen LogP contribution is -2.55. The molecule has 2 aromatic carbocycles. The Morgan fingerprint density at radius 2 is 1.61 bits per heavy atom. The minimum absolute atomic E-state index is 0.0485. The number of hydrogen-bond donors (Lipinski definition) is 3. The summed E-state index contributed by atoms with van der Waals surface area (Å²) in [5.41, 5.74) is 0.357. The molecule has 0 aromatic heterocycles. The van der Waals surface area contributed by atoms with E-state index in [1.807, 2.05) is 20.8 Å². The third-order valence-electron chi connectivity index (χ3n) is 6.38. The number of carbonyl (C=O) groups is 3. The van der Waals surface area contributed by atoms with Crippen LogP contribution < -0.4 is 15.4 Å². The average Bonchev–Trinajstić information content (AvgIpc) is 3.56. The predicted molar refractivity (Wildman–Crippen MR) is 145 cm³/mol. The number of nitrogens with one attached hydrogen (secondary N) is 2. The van der Waals surface area contributed by atoms with Gasteiger partial charge in [0.15, 0.2) is 0 Å². The standard InChI is InChI=1S/C29H39N3O6/c1-17(2)24(31-28(36)38-29(4,5)6)27(35)32(23-16-18(23)3)25(19-8-12-21(33)13-9-19)26(34)30-20-10-14-22(37-7)15-11-20/h8-15,17-18,23-25,33H,16H2,1-7H3,(H,30,34)(H,31,36). The summed E-state index contributed by atoms with van der Waals surface area (Å²) >= 11 is 0. The summed E-state index contributed by atoms with van der Waals surface area (Å²) in [5, 5.41) is 15.5. The van der Waals surface area contributed by atoms with E-state index < -0.39 is 29.7 Å². The van der Waals surface area contributed by atoms with Crippen molar-refractivity contribution in [2.75, 3.05) is 12.4 Å². The summed E-state index contributed by atoms with van der Waals surface area (Å²) in [7, 11) is 1.56.